The number of likely N-dealkylation sites (N-methyl/N-ethyl adjacent to an activating group) is 1. The highest BCUT2D eigenvalue weighted by Crippen LogP contribution is 2.43. The van der Waals surface area contributed by atoms with Gasteiger partial charge in [0.1, 0.15) is 5.78 Å². The van der Waals surface area contributed by atoms with Crippen molar-refractivity contribution in [1.82, 2.24) is 0 Å². The minimum absolute atomic E-state index is 0.0833. The number of carbonyl (C=O) groups is 2. The lowest BCUT2D eigenvalue weighted by Crippen LogP contribution is -2.36. The maximum atomic E-state index is 12.3. The number of anilines is 1. The number of para-hydroxylation sites is 1. The van der Waals surface area contributed by atoms with Crippen LogP contribution in [0, 0.1) is 0 Å². The van der Waals surface area contributed by atoms with Gasteiger partial charge in [-0.15, -0.1) is 0 Å². The fourth-order valence-electron chi connectivity index (χ4n) is 2.50. The monoisotopic (exact) mass is 231 g/mol. The molecule has 1 atom stereocenters. The largest absolute Gasteiger partial charge is 0.314 e. The summed E-state index contributed by atoms with van der Waals surface area (Å²) >= 11 is 0. The molecule has 17 heavy (non-hydrogen) atoms. The summed E-state index contributed by atoms with van der Waals surface area (Å²) in [5.74, 6) is 0.214. The van der Waals surface area contributed by atoms with Gasteiger partial charge >= 0.3 is 0 Å². The van der Waals surface area contributed by atoms with Crippen LogP contribution in [0.2, 0.25) is 0 Å². The highest BCUT2D eigenvalue weighted by atomic mass is 16.2. The number of hydrogen-bond acceptors (Lipinski definition) is 2. The van der Waals surface area contributed by atoms with E-state index in [1.54, 1.807) is 18.9 Å². The number of ketones is 1. The Morgan fingerprint density at radius 1 is 1.35 bits per heavy atom. The van der Waals surface area contributed by atoms with Crippen molar-refractivity contribution in [2.75, 3.05) is 11.9 Å². The van der Waals surface area contributed by atoms with Crippen LogP contribution < -0.4 is 4.90 Å². The van der Waals surface area contributed by atoms with E-state index in [9.17, 15) is 9.59 Å². The molecule has 3 heteroatoms. The molecule has 0 aliphatic carbocycles. The number of rotatable bonds is 3. The van der Waals surface area contributed by atoms with Crippen molar-refractivity contribution in [3.05, 3.63) is 29.8 Å². The third kappa shape index (κ3) is 1.75. The molecule has 1 aliphatic rings. The number of carbonyl (C=O) groups excluding carboxylic acids is 2. The van der Waals surface area contributed by atoms with Crippen molar-refractivity contribution < 1.29 is 9.59 Å². The predicted molar refractivity (Wildman–Crippen MR) is 67.1 cm³/mol. The standard InChI is InChI=1S/C14H17NO2/c1-10(16)8-9-14(2)11-6-4-5-7-12(11)15(3)13(14)17/h4-7H,8-9H2,1-3H3. The van der Waals surface area contributed by atoms with Crippen LogP contribution in [0.25, 0.3) is 0 Å². The number of hydrogen-bond donors (Lipinski definition) is 0. The summed E-state index contributed by atoms with van der Waals surface area (Å²) < 4.78 is 0. The van der Waals surface area contributed by atoms with Gasteiger partial charge in [-0.05, 0) is 31.9 Å². The Labute approximate surface area is 101 Å². The summed E-state index contributed by atoms with van der Waals surface area (Å²) in [6, 6.07) is 7.81. The number of benzene rings is 1. The zero-order chi connectivity index (χ0) is 12.6. The maximum absolute atomic E-state index is 12.3. The molecule has 90 valence electrons. The van der Waals surface area contributed by atoms with E-state index in [2.05, 4.69) is 0 Å². The fraction of sp³-hybridized carbons (Fsp3) is 0.429. The highest BCUT2D eigenvalue weighted by molar-refractivity contribution is 6.07. The lowest BCUT2D eigenvalue weighted by molar-refractivity contribution is -0.123. The first-order chi connectivity index (χ1) is 7.97. The van der Waals surface area contributed by atoms with E-state index >= 15 is 0 Å². The normalized spacial score (nSPS) is 22.8. The molecule has 1 amide bonds. The smallest absolute Gasteiger partial charge is 0.237 e. The molecule has 1 unspecified atom stereocenters. The second-order valence-corrected chi connectivity index (χ2v) is 4.92. The highest BCUT2D eigenvalue weighted by Gasteiger charge is 2.45. The molecular formula is C14H17NO2. The van der Waals surface area contributed by atoms with Crippen LogP contribution in [0.5, 0.6) is 0 Å². The molecule has 2 rings (SSSR count). The lowest BCUT2D eigenvalue weighted by Gasteiger charge is -2.22. The summed E-state index contributed by atoms with van der Waals surface area (Å²) in [6.07, 6.45) is 1.03. The van der Waals surface area contributed by atoms with Crippen LogP contribution in [-0.4, -0.2) is 18.7 Å². The van der Waals surface area contributed by atoms with Gasteiger partial charge in [0.25, 0.3) is 0 Å². The van der Waals surface area contributed by atoms with Gasteiger partial charge in [-0.25, -0.2) is 0 Å². The van der Waals surface area contributed by atoms with Crippen molar-refractivity contribution in [1.29, 1.82) is 0 Å². The minimum atomic E-state index is -0.545. The van der Waals surface area contributed by atoms with E-state index in [1.165, 1.54) is 0 Å². The molecule has 0 saturated heterocycles. The van der Waals surface area contributed by atoms with Gasteiger partial charge in [0, 0.05) is 19.2 Å². The second-order valence-electron chi connectivity index (χ2n) is 4.92. The van der Waals surface area contributed by atoms with Gasteiger partial charge in [-0.3, -0.25) is 4.79 Å². The van der Waals surface area contributed by atoms with E-state index in [-0.39, 0.29) is 11.7 Å². The van der Waals surface area contributed by atoms with Gasteiger partial charge < -0.3 is 9.69 Å². The van der Waals surface area contributed by atoms with Crippen molar-refractivity contribution in [3.63, 3.8) is 0 Å². The zero-order valence-corrected chi connectivity index (χ0v) is 10.5. The summed E-state index contributed by atoms with van der Waals surface area (Å²) in [5, 5.41) is 0. The van der Waals surface area contributed by atoms with Crippen LogP contribution in [0.1, 0.15) is 32.3 Å². The minimum Gasteiger partial charge on any atom is -0.314 e. The maximum Gasteiger partial charge on any atom is 0.237 e. The average molecular weight is 231 g/mol. The molecule has 1 heterocycles. The van der Waals surface area contributed by atoms with Crippen molar-refractivity contribution in [2.45, 2.75) is 32.1 Å². The third-order valence-corrected chi connectivity index (χ3v) is 3.61. The molecule has 0 spiro atoms. The first-order valence-corrected chi connectivity index (χ1v) is 5.84. The molecule has 1 aromatic rings. The lowest BCUT2D eigenvalue weighted by atomic mass is 9.79. The van der Waals surface area contributed by atoms with Gasteiger partial charge in [0.05, 0.1) is 5.41 Å². The van der Waals surface area contributed by atoms with Crippen LogP contribution in [0.3, 0.4) is 0 Å². The molecule has 1 aliphatic heterocycles. The summed E-state index contributed by atoms with van der Waals surface area (Å²) in [5.41, 5.74) is 1.45. The molecule has 0 bridgehead atoms. The fourth-order valence-corrected chi connectivity index (χ4v) is 2.50. The summed E-state index contributed by atoms with van der Waals surface area (Å²) in [4.78, 5) is 25.1. The molecule has 3 nitrogen and oxygen atoms in total. The Hall–Kier alpha value is -1.64. The Bertz CT molecular complexity index is 481. The van der Waals surface area contributed by atoms with E-state index < -0.39 is 5.41 Å². The van der Waals surface area contributed by atoms with Gasteiger partial charge in [-0.2, -0.15) is 0 Å². The molecular weight excluding hydrogens is 214 g/mol. The third-order valence-electron chi connectivity index (χ3n) is 3.61. The molecule has 0 N–H and O–H groups in total. The van der Waals surface area contributed by atoms with Gasteiger partial charge in [-0.1, -0.05) is 18.2 Å². The number of nitrogens with zero attached hydrogens (tertiary/aromatic N) is 1. The summed E-state index contributed by atoms with van der Waals surface area (Å²) in [6.45, 7) is 3.50. The second kappa shape index (κ2) is 3.99. The van der Waals surface area contributed by atoms with E-state index in [0.717, 1.165) is 11.3 Å². The first kappa shape index (κ1) is 11.8. The van der Waals surface area contributed by atoms with E-state index in [0.29, 0.717) is 12.8 Å². The van der Waals surface area contributed by atoms with Crippen LogP contribution in [-0.2, 0) is 15.0 Å². The van der Waals surface area contributed by atoms with E-state index in [4.69, 9.17) is 0 Å². The molecule has 0 radical (unpaired) electrons. The van der Waals surface area contributed by atoms with Gasteiger partial charge in [0.2, 0.25) is 5.91 Å². The Morgan fingerprint density at radius 3 is 2.65 bits per heavy atom. The first-order valence-electron chi connectivity index (χ1n) is 5.84. The van der Waals surface area contributed by atoms with Crippen LogP contribution in [0.4, 0.5) is 5.69 Å². The molecule has 0 fully saturated rings. The number of amides is 1. The Balaban J connectivity index is 2.41. The van der Waals surface area contributed by atoms with Crippen LogP contribution in [0.15, 0.2) is 24.3 Å². The zero-order valence-electron chi connectivity index (χ0n) is 10.5. The average Bonchev–Trinajstić information content (AvgIpc) is 2.51. The SMILES string of the molecule is CC(=O)CCC1(C)C(=O)N(C)c2ccccc21. The topological polar surface area (TPSA) is 37.4 Å². The van der Waals surface area contributed by atoms with Gasteiger partial charge in [0.15, 0.2) is 0 Å². The molecule has 0 aromatic heterocycles. The van der Waals surface area contributed by atoms with Crippen molar-refractivity contribution in [3.8, 4) is 0 Å². The molecule has 1 aromatic carbocycles. The predicted octanol–water partition coefficient (Wildman–Crippen LogP) is 2.29. The quantitative estimate of drug-likeness (QED) is 0.800. The Kier molecular flexibility index (Phi) is 2.77. The van der Waals surface area contributed by atoms with Crippen molar-refractivity contribution >= 4 is 17.4 Å². The molecule has 0 saturated carbocycles. The van der Waals surface area contributed by atoms with Crippen molar-refractivity contribution in [2.24, 2.45) is 0 Å². The number of fused-ring (bicyclic) bond motifs is 1. The van der Waals surface area contributed by atoms with E-state index in [1.807, 2.05) is 31.2 Å². The summed E-state index contributed by atoms with van der Waals surface area (Å²) in [7, 11) is 1.79. The van der Waals surface area contributed by atoms with Crippen LogP contribution >= 0.6 is 0 Å². The number of Topliss-reactive ketones (excluding diaryl/α,β-unsaturated/α-hetero) is 1. The Morgan fingerprint density at radius 2 is 2.00 bits per heavy atom.